The van der Waals surface area contributed by atoms with E-state index in [1.54, 1.807) is 42.9 Å². The lowest BCUT2D eigenvalue weighted by molar-refractivity contribution is -0.128. The first-order chi connectivity index (χ1) is 9.91. The summed E-state index contributed by atoms with van der Waals surface area (Å²) in [6.07, 6.45) is 1.54. The van der Waals surface area contributed by atoms with Crippen molar-refractivity contribution in [3.8, 4) is 0 Å². The van der Waals surface area contributed by atoms with Crippen LogP contribution in [0.1, 0.15) is 16.8 Å². The molecule has 6 heteroatoms. The van der Waals surface area contributed by atoms with Crippen molar-refractivity contribution in [2.24, 2.45) is 0 Å². The minimum Gasteiger partial charge on any atom is -0.477 e. The number of para-hydroxylation sites is 1. The molecule has 0 unspecified atom stereocenters. The van der Waals surface area contributed by atoms with Crippen molar-refractivity contribution in [1.29, 1.82) is 0 Å². The van der Waals surface area contributed by atoms with E-state index in [1.807, 2.05) is 0 Å². The largest absolute Gasteiger partial charge is 0.477 e. The minimum absolute atomic E-state index is 0.0605. The Morgan fingerprint density at radius 2 is 1.90 bits per heavy atom. The summed E-state index contributed by atoms with van der Waals surface area (Å²) in [4.78, 5) is 36.4. The van der Waals surface area contributed by atoms with Gasteiger partial charge in [-0.25, -0.2) is 4.79 Å². The zero-order chi connectivity index (χ0) is 15.6. The van der Waals surface area contributed by atoms with E-state index < -0.39 is 11.4 Å². The number of amides is 1. The molecule has 1 heterocycles. The van der Waals surface area contributed by atoms with Crippen molar-refractivity contribution in [2.45, 2.75) is 13.0 Å². The molecule has 110 valence electrons. The highest BCUT2D eigenvalue weighted by atomic mass is 16.4. The molecule has 0 saturated heterocycles. The van der Waals surface area contributed by atoms with Gasteiger partial charge in [0.15, 0.2) is 0 Å². The zero-order valence-corrected chi connectivity index (χ0v) is 11.9. The van der Waals surface area contributed by atoms with Crippen LogP contribution >= 0.6 is 0 Å². The van der Waals surface area contributed by atoms with E-state index in [4.69, 9.17) is 5.11 Å². The maximum Gasteiger partial charge on any atom is 0.341 e. The molecule has 0 fully saturated rings. The number of carboxylic acids is 1. The average Bonchev–Trinajstić information content (AvgIpc) is 2.46. The number of fused-ring (bicyclic) bond motifs is 1. The molecule has 2 rings (SSSR count). The van der Waals surface area contributed by atoms with Gasteiger partial charge in [0.25, 0.3) is 0 Å². The van der Waals surface area contributed by atoms with E-state index in [2.05, 4.69) is 0 Å². The summed E-state index contributed by atoms with van der Waals surface area (Å²) in [6.45, 7) is 0.318. The third-order valence-corrected chi connectivity index (χ3v) is 3.28. The van der Waals surface area contributed by atoms with E-state index in [0.717, 1.165) is 0 Å². The van der Waals surface area contributed by atoms with Gasteiger partial charge in [-0.3, -0.25) is 9.59 Å². The Kier molecular flexibility index (Phi) is 4.07. The van der Waals surface area contributed by atoms with E-state index in [-0.39, 0.29) is 17.9 Å². The highest BCUT2D eigenvalue weighted by Gasteiger charge is 2.14. The van der Waals surface area contributed by atoms with Gasteiger partial charge < -0.3 is 14.6 Å². The maximum absolute atomic E-state index is 12.1. The summed E-state index contributed by atoms with van der Waals surface area (Å²) in [5.74, 6) is -1.33. The van der Waals surface area contributed by atoms with Crippen LogP contribution < -0.4 is 5.43 Å². The van der Waals surface area contributed by atoms with Crippen LogP contribution in [0.4, 0.5) is 0 Å². The lowest BCUT2D eigenvalue weighted by Crippen LogP contribution is -2.24. The summed E-state index contributed by atoms with van der Waals surface area (Å²) in [5.41, 5.74) is -0.168. The van der Waals surface area contributed by atoms with E-state index in [9.17, 15) is 14.4 Å². The van der Waals surface area contributed by atoms with Crippen molar-refractivity contribution < 1.29 is 14.7 Å². The molecular weight excluding hydrogens is 272 g/mol. The molecule has 0 aliphatic carbocycles. The predicted octanol–water partition coefficient (Wildman–Crippen LogP) is 1.18. The van der Waals surface area contributed by atoms with E-state index >= 15 is 0 Å². The van der Waals surface area contributed by atoms with Gasteiger partial charge in [0.05, 0.1) is 5.52 Å². The summed E-state index contributed by atoms with van der Waals surface area (Å²) in [7, 11) is 3.32. The Bertz CT molecular complexity index is 762. The number of aryl methyl sites for hydroxylation is 1. The maximum atomic E-state index is 12.1. The molecule has 0 radical (unpaired) electrons. The molecule has 0 aliphatic rings. The van der Waals surface area contributed by atoms with Crippen LogP contribution in [0.15, 0.2) is 35.3 Å². The molecule has 1 N–H and O–H groups in total. The molecular formula is C15H16N2O4. The van der Waals surface area contributed by atoms with Gasteiger partial charge in [0.2, 0.25) is 11.3 Å². The Balaban J connectivity index is 2.52. The van der Waals surface area contributed by atoms with Crippen molar-refractivity contribution in [2.75, 3.05) is 14.1 Å². The van der Waals surface area contributed by atoms with Crippen LogP contribution in [0.3, 0.4) is 0 Å². The number of carbonyl (C=O) groups excluding carboxylic acids is 1. The normalized spacial score (nSPS) is 10.6. The van der Waals surface area contributed by atoms with E-state index in [1.165, 1.54) is 11.1 Å². The van der Waals surface area contributed by atoms with E-state index in [0.29, 0.717) is 17.4 Å². The molecule has 2 aromatic rings. The van der Waals surface area contributed by atoms with Gasteiger partial charge in [-0.05, 0) is 12.1 Å². The molecule has 0 aliphatic heterocycles. The Morgan fingerprint density at radius 1 is 1.24 bits per heavy atom. The number of aromatic nitrogens is 1. The van der Waals surface area contributed by atoms with Gasteiger partial charge in [0.1, 0.15) is 5.56 Å². The number of carboxylic acid groups (broad SMARTS) is 1. The summed E-state index contributed by atoms with van der Waals surface area (Å²) in [6, 6.07) is 6.79. The summed E-state index contributed by atoms with van der Waals surface area (Å²) in [5, 5.41) is 9.47. The fourth-order valence-corrected chi connectivity index (χ4v) is 2.12. The second-order valence-electron chi connectivity index (χ2n) is 4.93. The van der Waals surface area contributed by atoms with Gasteiger partial charge >= 0.3 is 5.97 Å². The highest BCUT2D eigenvalue weighted by molar-refractivity contribution is 5.92. The quantitative estimate of drug-likeness (QED) is 0.916. The fraction of sp³-hybridized carbons (Fsp3) is 0.267. The van der Waals surface area contributed by atoms with Crippen molar-refractivity contribution in [3.63, 3.8) is 0 Å². The fourth-order valence-electron chi connectivity index (χ4n) is 2.12. The zero-order valence-electron chi connectivity index (χ0n) is 11.9. The smallest absolute Gasteiger partial charge is 0.341 e. The lowest BCUT2D eigenvalue weighted by Gasteiger charge is -2.14. The number of hydrogen-bond acceptors (Lipinski definition) is 3. The highest BCUT2D eigenvalue weighted by Crippen LogP contribution is 2.12. The Hall–Kier alpha value is -2.63. The summed E-state index contributed by atoms with van der Waals surface area (Å²) >= 11 is 0. The first-order valence-corrected chi connectivity index (χ1v) is 6.47. The third kappa shape index (κ3) is 2.94. The molecule has 1 amide bonds. The number of pyridine rings is 1. The molecule has 0 bridgehead atoms. The molecule has 1 aromatic heterocycles. The SMILES string of the molecule is CN(C)C(=O)CCn1cc(C(=O)O)c(=O)c2ccccc21. The van der Waals surface area contributed by atoms with Crippen molar-refractivity contribution >= 4 is 22.8 Å². The van der Waals surface area contributed by atoms with Crippen molar-refractivity contribution in [1.82, 2.24) is 9.47 Å². The molecule has 6 nitrogen and oxygen atoms in total. The standard InChI is InChI=1S/C15H16N2O4/c1-16(2)13(18)7-8-17-9-11(15(20)21)14(19)10-5-3-4-6-12(10)17/h3-6,9H,7-8H2,1-2H3,(H,20,21). The number of carbonyl (C=O) groups is 2. The van der Waals surface area contributed by atoms with Crippen LogP contribution in [-0.2, 0) is 11.3 Å². The Labute approximate surface area is 121 Å². The van der Waals surface area contributed by atoms with Crippen LogP contribution in [-0.4, -0.2) is 40.5 Å². The van der Waals surface area contributed by atoms with Crippen LogP contribution in [0.5, 0.6) is 0 Å². The second kappa shape index (κ2) is 5.78. The molecule has 0 spiro atoms. The van der Waals surface area contributed by atoms with Gasteiger partial charge in [-0.1, -0.05) is 12.1 Å². The molecule has 0 atom stereocenters. The molecule has 1 aromatic carbocycles. The third-order valence-electron chi connectivity index (χ3n) is 3.28. The van der Waals surface area contributed by atoms with Crippen LogP contribution in [0.2, 0.25) is 0 Å². The molecule has 21 heavy (non-hydrogen) atoms. The first-order valence-electron chi connectivity index (χ1n) is 6.47. The van der Waals surface area contributed by atoms with Crippen LogP contribution in [0.25, 0.3) is 10.9 Å². The second-order valence-corrected chi connectivity index (χ2v) is 4.93. The van der Waals surface area contributed by atoms with Crippen molar-refractivity contribution in [3.05, 3.63) is 46.2 Å². The minimum atomic E-state index is -1.27. The number of hydrogen-bond donors (Lipinski definition) is 1. The monoisotopic (exact) mass is 288 g/mol. The van der Waals surface area contributed by atoms with Gasteiger partial charge in [-0.2, -0.15) is 0 Å². The Morgan fingerprint density at radius 3 is 2.52 bits per heavy atom. The summed E-state index contributed by atoms with van der Waals surface area (Å²) < 4.78 is 1.64. The first kappa shape index (κ1) is 14.8. The van der Waals surface area contributed by atoms with Gasteiger partial charge in [0, 0.05) is 38.6 Å². The number of benzene rings is 1. The average molecular weight is 288 g/mol. The topological polar surface area (TPSA) is 79.6 Å². The number of rotatable bonds is 4. The lowest BCUT2D eigenvalue weighted by atomic mass is 10.1. The van der Waals surface area contributed by atoms with Crippen LogP contribution in [0, 0.1) is 0 Å². The van der Waals surface area contributed by atoms with Gasteiger partial charge in [-0.15, -0.1) is 0 Å². The number of aromatic carboxylic acids is 1. The number of nitrogens with zero attached hydrogens (tertiary/aromatic N) is 2. The molecule has 0 saturated carbocycles. The predicted molar refractivity (Wildman–Crippen MR) is 78.5 cm³/mol.